The summed E-state index contributed by atoms with van der Waals surface area (Å²) in [5, 5.41) is 10.5. The fraction of sp³-hybridized carbons (Fsp3) is 0.358. The number of benzene rings is 4. The van der Waals surface area contributed by atoms with Gasteiger partial charge in [0.05, 0.1) is 31.1 Å². The molecule has 2 aliphatic carbocycles. The first-order valence-corrected chi connectivity index (χ1v) is 26.5. The van der Waals surface area contributed by atoms with Crippen LogP contribution in [0.2, 0.25) is 0 Å². The summed E-state index contributed by atoms with van der Waals surface area (Å²) in [5.74, 6) is 0. The zero-order chi connectivity index (χ0) is 48.9. The third-order valence-corrected chi connectivity index (χ3v) is 14.0. The Kier molecular flexibility index (Phi) is 17.5. The summed E-state index contributed by atoms with van der Waals surface area (Å²) in [6.07, 6.45) is 11.3. The molecule has 2 heterocycles. The monoisotopic (exact) mass is 960 g/mol. The van der Waals surface area contributed by atoms with E-state index >= 15 is 0 Å². The lowest BCUT2D eigenvalue weighted by Crippen LogP contribution is -2.41. The average Bonchev–Trinajstić information content (AvgIpc) is 3.86. The van der Waals surface area contributed by atoms with Crippen LogP contribution in [0.5, 0.6) is 0 Å². The molecule has 2 atom stereocenters. The lowest BCUT2D eigenvalue weighted by molar-refractivity contribution is 0.0347. The van der Waals surface area contributed by atoms with Gasteiger partial charge in [0.1, 0.15) is 11.3 Å². The van der Waals surface area contributed by atoms with Crippen molar-refractivity contribution >= 4 is 38.5 Å². The van der Waals surface area contributed by atoms with E-state index in [-0.39, 0.29) is 6.04 Å². The largest absolute Gasteiger partial charge is 0.443 e. The highest BCUT2D eigenvalue weighted by Gasteiger charge is 2.33. The summed E-state index contributed by atoms with van der Waals surface area (Å²) in [4.78, 5) is 23.2. The third kappa shape index (κ3) is 14.4. The molecule has 68 heavy (non-hydrogen) atoms. The molecule has 8 rings (SSSR count). The molecular weight excluding hydrogens is 897 g/mol. The number of hydrogen-bond acceptors (Lipinski definition) is 9. The van der Waals surface area contributed by atoms with Crippen molar-refractivity contribution in [3.8, 4) is 0 Å². The molecule has 0 saturated heterocycles. The highest BCUT2D eigenvalue weighted by Crippen LogP contribution is 2.28. The Hall–Kier alpha value is -6.16. The molecule has 13 nitrogen and oxygen atoms in total. The number of fused-ring (bicyclic) bond motifs is 2. The van der Waals surface area contributed by atoms with Crippen LogP contribution in [0.4, 0.5) is 4.79 Å². The van der Waals surface area contributed by atoms with Crippen molar-refractivity contribution in [1.29, 1.82) is 0 Å². The summed E-state index contributed by atoms with van der Waals surface area (Å²) in [7, 11) is -7.31. The third-order valence-electron chi connectivity index (χ3n) is 11.6. The Labute approximate surface area is 402 Å². The maximum atomic E-state index is 12.6. The fourth-order valence-corrected chi connectivity index (χ4v) is 10.4. The Morgan fingerprint density at radius 1 is 0.676 bits per heavy atom. The number of rotatable bonds is 13. The summed E-state index contributed by atoms with van der Waals surface area (Å²) in [6, 6.07) is 38.1. The maximum Gasteiger partial charge on any atom is 0.424 e. The van der Waals surface area contributed by atoms with E-state index in [1.807, 2.05) is 89.1 Å². The summed E-state index contributed by atoms with van der Waals surface area (Å²) >= 11 is 0. The second kappa shape index (κ2) is 23.2. The van der Waals surface area contributed by atoms with Gasteiger partial charge in [0.2, 0.25) is 20.0 Å². The van der Waals surface area contributed by atoms with Gasteiger partial charge in [-0.15, -0.1) is 0 Å². The highest BCUT2D eigenvalue weighted by atomic mass is 32.2. The van der Waals surface area contributed by atoms with E-state index in [1.54, 1.807) is 58.0 Å². The molecule has 6 aromatic rings. The molecule has 15 heteroatoms. The van der Waals surface area contributed by atoms with Gasteiger partial charge < -0.3 is 4.74 Å². The normalized spacial score (nSPS) is 14.5. The molecule has 0 aliphatic heterocycles. The smallest absolute Gasteiger partial charge is 0.424 e. The van der Waals surface area contributed by atoms with E-state index in [0.717, 1.165) is 78.7 Å². The Morgan fingerprint density at radius 3 is 1.56 bits per heavy atom. The van der Waals surface area contributed by atoms with Crippen molar-refractivity contribution in [2.24, 2.45) is 0 Å². The molecule has 1 N–H and O–H groups in total. The van der Waals surface area contributed by atoms with Crippen LogP contribution in [-0.2, 0) is 63.6 Å². The molecule has 2 aromatic heterocycles. The molecule has 0 spiro atoms. The first kappa shape index (κ1) is 51.2. The van der Waals surface area contributed by atoms with Crippen LogP contribution in [0, 0.1) is 0 Å². The molecule has 0 unspecified atom stereocenters. The van der Waals surface area contributed by atoms with Crippen LogP contribution in [0.3, 0.4) is 0 Å². The van der Waals surface area contributed by atoms with Crippen LogP contribution >= 0.6 is 0 Å². The van der Waals surface area contributed by atoms with Crippen LogP contribution in [-0.4, -0.2) is 64.9 Å². The van der Waals surface area contributed by atoms with Crippen molar-refractivity contribution in [1.82, 2.24) is 28.6 Å². The molecular formula is C53H64N6O7S2. The van der Waals surface area contributed by atoms with Gasteiger partial charge in [-0.3, -0.25) is 14.2 Å². The van der Waals surface area contributed by atoms with Gasteiger partial charge in [0.15, 0.2) is 6.29 Å². The summed E-state index contributed by atoms with van der Waals surface area (Å²) in [5.41, 5.74) is 9.56. The quantitative estimate of drug-likeness (QED) is 0.111. The van der Waals surface area contributed by atoms with E-state index in [0.29, 0.717) is 12.2 Å². The average molecular weight is 961 g/mol. The van der Waals surface area contributed by atoms with Gasteiger partial charge in [0.25, 0.3) is 0 Å². The second-order valence-electron chi connectivity index (χ2n) is 18.2. The van der Waals surface area contributed by atoms with Crippen LogP contribution in [0.15, 0.2) is 127 Å². The number of nitrogens with one attached hydrogen (secondary N) is 1. The Balaban J connectivity index is 0.000000176. The number of sulfonamides is 2. The highest BCUT2D eigenvalue weighted by molar-refractivity contribution is 7.92. The van der Waals surface area contributed by atoms with Crippen molar-refractivity contribution in [2.45, 2.75) is 117 Å². The first-order valence-electron chi connectivity index (χ1n) is 23.1. The van der Waals surface area contributed by atoms with Crippen molar-refractivity contribution in [2.75, 3.05) is 6.26 Å². The molecule has 0 fully saturated rings. The predicted molar refractivity (Wildman–Crippen MR) is 268 cm³/mol. The molecule has 0 bridgehead atoms. The minimum Gasteiger partial charge on any atom is -0.443 e. The van der Waals surface area contributed by atoms with Crippen molar-refractivity contribution < 1.29 is 31.2 Å². The van der Waals surface area contributed by atoms with Gasteiger partial charge in [-0.2, -0.15) is 14.5 Å². The van der Waals surface area contributed by atoms with E-state index in [4.69, 9.17) is 9.84 Å². The van der Waals surface area contributed by atoms with E-state index < -0.39 is 37.8 Å². The van der Waals surface area contributed by atoms with Crippen LogP contribution < -0.4 is 4.72 Å². The first-order chi connectivity index (χ1) is 32.4. The number of carbonyl (C=O) groups excluding carboxylic acids is 2. The van der Waals surface area contributed by atoms with Crippen LogP contribution in [0.25, 0.3) is 6.08 Å². The molecule has 1 amide bonds. The van der Waals surface area contributed by atoms with E-state index in [2.05, 4.69) is 34.1 Å². The number of aldehydes is 1. The maximum absolute atomic E-state index is 12.6. The number of amides is 1. The molecule has 2 aliphatic rings. The van der Waals surface area contributed by atoms with Gasteiger partial charge in [-0.05, 0) is 114 Å². The fourth-order valence-electron chi connectivity index (χ4n) is 8.41. The van der Waals surface area contributed by atoms with E-state index in [9.17, 15) is 26.4 Å². The number of aromatic nitrogens is 4. The summed E-state index contributed by atoms with van der Waals surface area (Å²) in [6.45, 7) is 10.0. The van der Waals surface area contributed by atoms with Crippen LogP contribution in [0.1, 0.15) is 133 Å². The number of hydrogen-bond donors (Lipinski definition) is 1. The molecule has 4 aromatic carbocycles. The van der Waals surface area contributed by atoms with Gasteiger partial charge in [-0.25, -0.2) is 26.4 Å². The zero-order valence-electron chi connectivity index (χ0n) is 39.9. The predicted octanol–water partition coefficient (Wildman–Crippen LogP) is 10.0. The molecule has 0 radical (unpaired) electrons. The van der Waals surface area contributed by atoms with E-state index in [1.165, 1.54) is 51.9 Å². The van der Waals surface area contributed by atoms with Gasteiger partial charge in [-0.1, -0.05) is 121 Å². The minimum absolute atomic E-state index is 0.301. The second-order valence-corrected chi connectivity index (χ2v) is 21.6. The van der Waals surface area contributed by atoms with Crippen molar-refractivity contribution in [3.05, 3.63) is 183 Å². The molecule has 0 saturated carbocycles. The topological polar surface area (TPSA) is 163 Å². The molecule has 360 valence electrons. The number of ether oxygens (including phenoxy) is 1. The number of carbonyl (C=O) groups is 2. The lowest BCUT2D eigenvalue weighted by atomic mass is 9.95. The lowest BCUT2D eigenvalue weighted by Gasteiger charge is -2.30. The summed E-state index contributed by atoms with van der Waals surface area (Å²) < 4.78 is 61.8. The number of nitrogens with zero attached hydrogens (tertiary/aromatic N) is 5. The standard InChI is InChI=1S/C24H27N3O2S.C15H16N2O.C14H21NO4S/c1-19(21-12-6-3-7-13-21)26-30(28,29)17-16-23-22-14-8-9-15-24(22)27(25-23)18-20-10-4-2-5-11-20;18-11-14-13-8-4-5-9-15(13)17(16-14)10-12-6-2-1-3-7-12;1-11(12-9-7-6-8-10-12)15(20(5,17)18)13(16)19-14(2,3)4/h2-7,10-13,16-17,19,26H,8-9,14-15,18H2,1H3;1-3,6-7,11H,4-5,8-10H2;6-11H,1-5H3/b17-16+;;/t19-;;11-/m1.1/s1. The zero-order valence-corrected chi connectivity index (χ0v) is 41.5. The minimum atomic E-state index is -3.73. The van der Waals surface area contributed by atoms with Gasteiger partial charge >= 0.3 is 6.09 Å². The SMILES string of the molecule is C[C@@H](NS(=O)(=O)/C=C/c1nn(Cc2ccccc2)c2c1CCCC2)c1ccccc1.C[C@H](c1ccccc1)N(C(=O)OC(C)(C)C)S(C)(=O)=O.O=Cc1nn(Cc2ccccc2)c2c1CCCC2. The Morgan fingerprint density at radius 2 is 1.10 bits per heavy atom. The van der Waals surface area contributed by atoms with Gasteiger partial charge in [0, 0.05) is 34.0 Å². The Bertz CT molecular complexity index is 2840. The van der Waals surface area contributed by atoms with Crippen molar-refractivity contribution in [3.63, 3.8) is 0 Å².